The molecule has 0 radical (unpaired) electrons. The lowest BCUT2D eigenvalue weighted by Crippen LogP contribution is -2.37. The summed E-state index contributed by atoms with van der Waals surface area (Å²) in [6, 6.07) is 3.59. The Kier molecular flexibility index (Phi) is 7.45. The van der Waals surface area contributed by atoms with Gasteiger partial charge in [-0.25, -0.2) is 0 Å². The van der Waals surface area contributed by atoms with Gasteiger partial charge in [0.15, 0.2) is 0 Å². The Balaban J connectivity index is 2.08. The van der Waals surface area contributed by atoms with Gasteiger partial charge in [-0.15, -0.1) is 11.3 Å². The second-order valence-corrected chi connectivity index (χ2v) is 5.94. The Hall–Kier alpha value is -1.89. The van der Waals surface area contributed by atoms with Crippen molar-refractivity contribution in [3.63, 3.8) is 0 Å². The zero-order valence-corrected chi connectivity index (χ0v) is 12.8. The number of carboxylic acid groups (broad SMARTS) is 1. The summed E-state index contributed by atoms with van der Waals surface area (Å²) in [6.07, 6.45) is 2.26. The van der Waals surface area contributed by atoms with Crippen LogP contribution in [0, 0.1) is 6.92 Å². The molecule has 0 saturated carbocycles. The molecule has 1 heterocycles. The van der Waals surface area contributed by atoms with Crippen molar-refractivity contribution in [1.82, 2.24) is 10.6 Å². The van der Waals surface area contributed by atoms with Gasteiger partial charge in [-0.1, -0.05) is 6.42 Å². The number of unbranched alkanes of at least 4 members (excludes halogenated alkanes) is 2. The smallest absolute Gasteiger partial charge is 0.303 e. The molecule has 21 heavy (non-hydrogen) atoms. The van der Waals surface area contributed by atoms with Crippen LogP contribution in [0.3, 0.4) is 0 Å². The van der Waals surface area contributed by atoms with E-state index in [-0.39, 0.29) is 24.8 Å². The Morgan fingerprint density at radius 1 is 1.14 bits per heavy atom. The number of carboxylic acids is 1. The number of nitrogens with one attached hydrogen (secondary N) is 2. The number of aryl methyl sites for hydroxylation is 1. The fourth-order valence-electron chi connectivity index (χ4n) is 1.67. The topological polar surface area (TPSA) is 95.5 Å². The summed E-state index contributed by atoms with van der Waals surface area (Å²) in [5, 5.41) is 13.7. The van der Waals surface area contributed by atoms with E-state index in [0.717, 1.165) is 17.7 Å². The SMILES string of the molecule is Cc1ccc(C(=O)NCC(=O)NCCCCCC(=O)O)s1. The molecule has 0 spiro atoms. The van der Waals surface area contributed by atoms with Crippen molar-refractivity contribution in [1.29, 1.82) is 0 Å². The molecule has 0 aliphatic rings. The van der Waals surface area contributed by atoms with E-state index in [9.17, 15) is 14.4 Å². The molecule has 1 aromatic rings. The Labute approximate surface area is 127 Å². The van der Waals surface area contributed by atoms with Gasteiger partial charge in [0.1, 0.15) is 0 Å². The van der Waals surface area contributed by atoms with Gasteiger partial charge in [0, 0.05) is 17.8 Å². The van der Waals surface area contributed by atoms with Crippen molar-refractivity contribution in [3.8, 4) is 0 Å². The highest BCUT2D eigenvalue weighted by Crippen LogP contribution is 2.14. The zero-order chi connectivity index (χ0) is 15.7. The molecule has 0 bridgehead atoms. The number of rotatable bonds is 9. The summed E-state index contributed by atoms with van der Waals surface area (Å²) in [7, 11) is 0. The van der Waals surface area contributed by atoms with Crippen LogP contribution >= 0.6 is 11.3 Å². The number of thiophene rings is 1. The molecule has 0 fully saturated rings. The monoisotopic (exact) mass is 312 g/mol. The van der Waals surface area contributed by atoms with Crippen LogP contribution in [-0.4, -0.2) is 36.0 Å². The molecule has 1 rings (SSSR count). The Bertz CT molecular complexity index is 499. The lowest BCUT2D eigenvalue weighted by atomic mass is 10.2. The number of amides is 2. The first-order chi connectivity index (χ1) is 9.99. The summed E-state index contributed by atoms with van der Waals surface area (Å²) >= 11 is 1.39. The first-order valence-corrected chi connectivity index (χ1v) is 7.64. The highest BCUT2D eigenvalue weighted by molar-refractivity contribution is 7.13. The van der Waals surface area contributed by atoms with Gasteiger partial charge in [-0.3, -0.25) is 14.4 Å². The molecule has 3 N–H and O–H groups in total. The first kappa shape index (κ1) is 17.2. The highest BCUT2D eigenvalue weighted by Gasteiger charge is 2.09. The molecule has 0 aliphatic carbocycles. The molecule has 0 unspecified atom stereocenters. The van der Waals surface area contributed by atoms with E-state index < -0.39 is 5.97 Å². The summed E-state index contributed by atoms with van der Waals surface area (Å²) in [4.78, 5) is 35.2. The molecule has 0 atom stereocenters. The molecule has 7 heteroatoms. The summed E-state index contributed by atoms with van der Waals surface area (Å²) in [5.74, 6) is -1.29. The number of carbonyl (C=O) groups is 3. The molecule has 0 aliphatic heterocycles. The van der Waals surface area contributed by atoms with E-state index in [1.807, 2.05) is 13.0 Å². The van der Waals surface area contributed by atoms with Gasteiger partial charge in [0.25, 0.3) is 5.91 Å². The maximum atomic E-state index is 11.7. The van der Waals surface area contributed by atoms with Crippen LogP contribution in [0.25, 0.3) is 0 Å². The van der Waals surface area contributed by atoms with Crippen molar-refractivity contribution >= 4 is 29.1 Å². The number of hydrogen-bond acceptors (Lipinski definition) is 4. The van der Waals surface area contributed by atoms with E-state index in [4.69, 9.17) is 5.11 Å². The molecule has 1 aromatic heterocycles. The predicted octanol–water partition coefficient (Wildman–Crippen LogP) is 1.55. The first-order valence-electron chi connectivity index (χ1n) is 6.82. The molecule has 6 nitrogen and oxygen atoms in total. The third-order valence-corrected chi connectivity index (χ3v) is 3.76. The molecular weight excluding hydrogens is 292 g/mol. The van der Waals surface area contributed by atoms with E-state index >= 15 is 0 Å². The molecule has 2 amide bonds. The van der Waals surface area contributed by atoms with E-state index in [0.29, 0.717) is 17.8 Å². The maximum Gasteiger partial charge on any atom is 0.303 e. The second-order valence-electron chi connectivity index (χ2n) is 4.65. The van der Waals surface area contributed by atoms with Crippen molar-refractivity contribution in [2.24, 2.45) is 0 Å². The van der Waals surface area contributed by atoms with Crippen molar-refractivity contribution in [2.45, 2.75) is 32.6 Å². The van der Waals surface area contributed by atoms with Crippen LogP contribution in [0.4, 0.5) is 0 Å². The lowest BCUT2D eigenvalue weighted by Gasteiger charge is -2.06. The molecule has 0 saturated heterocycles. The summed E-state index contributed by atoms with van der Waals surface area (Å²) in [6.45, 7) is 2.36. The predicted molar refractivity (Wildman–Crippen MR) is 80.5 cm³/mol. The van der Waals surface area contributed by atoms with Gasteiger partial charge in [-0.05, 0) is 31.9 Å². The van der Waals surface area contributed by atoms with Crippen LogP contribution in [0.2, 0.25) is 0 Å². The van der Waals surface area contributed by atoms with E-state index in [2.05, 4.69) is 10.6 Å². The van der Waals surface area contributed by atoms with E-state index in [1.54, 1.807) is 6.07 Å². The van der Waals surface area contributed by atoms with Gasteiger partial charge in [0.2, 0.25) is 5.91 Å². The summed E-state index contributed by atoms with van der Waals surface area (Å²) < 4.78 is 0. The van der Waals surface area contributed by atoms with Gasteiger partial charge in [0.05, 0.1) is 11.4 Å². The normalized spacial score (nSPS) is 10.1. The van der Waals surface area contributed by atoms with Crippen LogP contribution in [0.5, 0.6) is 0 Å². The molecule has 0 aromatic carbocycles. The number of carbonyl (C=O) groups excluding carboxylic acids is 2. The largest absolute Gasteiger partial charge is 0.481 e. The fourth-order valence-corrected chi connectivity index (χ4v) is 2.46. The minimum atomic E-state index is -0.800. The second kappa shape index (κ2) is 9.12. The summed E-state index contributed by atoms with van der Waals surface area (Å²) in [5.41, 5.74) is 0. The quantitative estimate of drug-likeness (QED) is 0.603. The molecular formula is C14H20N2O4S. The van der Waals surface area contributed by atoms with Crippen LogP contribution < -0.4 is 10.6 Å². The van der Waals surface area contributed by atoms with Crippen molar-refractivity contribution < 1.29 is 19.5 Å². The minimum Gasteiger partial charge on any atom is -0.481 e. The average molecular weight is 312 g/mol. The maximum absolute atomic E-state index is 11.7. The highest BCUT2D eigenvalue weighted by atomic mass is 32.1. The zero-order valence-electron chi connectivity index (χ0n) is 12.0. The lowest BCUT2D eigenvalue weighted by molar-refractivity contribution is -0.137. The van der Waals surface area contributed by atoms with Gasteiger partial charge >= 0.3 is 5.97 Å². The third kappa shape index (κ3) is 7.45. The van der Waals surface area contributed by atoms with Crippen LogP contribution in [0.15, 0.2) is 12.1 Å². The number of aliphatic carboxylic acids is 1. The third-order valence-electron chi connectivity index (χ3n) is 2.76. The average Bonchev–Trinajstić information content (AvgIpc) is 2.86. The Morgan fingerprint density at radius 2 is 1.90 bits per heavy atom. The van der Waals surface area contributed by atoms with Crippen molar-refractivity contribution in [3.05, 3.63) is 21.9 Å². The van der Waals surface area contributed by atoms with Gasteiger partial charge in [-0.2, -0.15) is 0 Å². The van der Waals surface area contributed by atoms with Crippen LogP contribution in [-0.2, 0) is 9.59 Å². The van der Waals surface area contributed by atoms with Crippen LogP contribution in [0.1, 0.15) is 40.2 Å². The minimum absolute atomic E-state index is 0.0507. The fraction of sp³-hybridized carbons (Fsp3) is 0.500. The molecule has 116 valence electrons. The van der Waals surface area contributed by atoms with E-state index in [1.165, 1.54) is 11.3 Å². The standard InChI is InChI=1S/C14H20N2O4S/c1-10-6-7-11(21-10)14(20)16-9-12(17)15-8-4-2-3-5-13(18)19/h6-7H,2-5,8-9H2,1H3,(H,15,17)(H,16,20)(H,18,19). The Morgan fingerprint density at radius 3 is 2.52 bits per heavy atom. The van der Waals surface area contributed by atoms with Crippen molar-refractivity contribution in [2.75, 3.05) is 13.1 Å². The number of hydrogen-bond donors (Lipinski definition) is 3. The van der Waals surface area contributed by atoms with Gasteiger partial charge < -0.3 is 15.7 Å².